The number of nitrogens with zero attached hydrogens (tertiary/aromatic N) is 1. The maximum absolute atomic E-state index is 11.3. The summed E-state index contributed by atoms with van der Waals surface area (Å²) < 4.78 is 23.3. The van der Waals surface area contributed by atoms with Gasteiger partial charge in [0.25, 0.3) is 0 Å². The summed E-state index contributed by atoms with van der Waals surface area (Å²) in [5.74, 6) is 0.265. The van der Waals surface area contributed by atoms with Crippen molar-refractivity contribution in [2.75, 3.05) is 11.5 Å². The summed E-state index contributed by atoms with van der Waals surface area (Å²) in [6.45, 7) is 1.63. The molecule has 1 unspecified atom stereocenters. The first-order valence-corrected chi connectivity index (χ1v) is 8.06. The molecule has 96 valence electrons. The number of aromatic nitrogens is 1. The van der Waals surface area contributed by atoms with E-state index in [1.165, 1.54) is 0 Å². The third kappa shape index (κ3) is 4.73. The summed E-state index contributed by atoms with van der Waals surface area (Å²) in [6.07, 6.45) is 1.72. The number of sulfone groups is 1. The Bertz CT molecular complexity index is 462. The molecule has 6 heteroatoms. The monoisotopic (exact) mass is 321 g/mol. The largest absolute Gasteiger partial charge is 0.387 e. The van der Waals surface area contributed by atoms with Gasteiger partial charge >= 0.3 is 0 Å². The first kappa shape index (κ1) is 14.6. The first-order valence-electron chi connectivity index (χ1n) is 5.45. The molecule has 0 aromatic carbocycles. The molecule has 17 heavy (non-hydrogen) atoms. The van der Waals surface area contributed by atoms with Crippen LogP contribution in [0, 0.1) is 0 Å². The van der Waals surface area contributed by atoms with E-state index in [4.69, 9.17) is 0 Å². The summed E-state index contributed by atoms with van der Waals surface area (Å²) in [5, 5.41) is 9.88. The van der Waals surface area contributed by atoms with Gasteiger partial charge in [-0.25, -0.2) is 8.42 Å². The predicted octanol–water partition coefficient (Wildman–Crippen LogP) is 2.09. The molecule has 0 fully saturated rings. The molecule has 1 atom stereocenters. The van der Waals surface area contributed by atoms with Crippen molar-refractivity contribution in [3.05, 3.63) is 28.5 Å². The Morgan fingerprint density at radius 2 is 2.24 bits per heavy atom. The van der Waals surface area contributed by atoms with Gasteiger partial charge in [-0.15, -0.1) is 0 Å². The zero-order chi connectivity index (χ0) is 12.9. The topological polar surface area (TPSA) is 67.3 Å². The molecule has 1 aromatic heterocycles. The Kier molecular flexibility index (Phi) is 5.55. The normalized spacial score (nSPS) is 13.6. The highest BCUT2D eigenvalue weighted by Gasteiger charge is 2.14. The van der Waals surface area contributed by atoms with Crippen molar-refractivity contribution in [2.45, 2.75) is 25.9 Å². The Hall–Kier alpha value is -0.460. The second kappa shape index (κ2) is 6.47. The highest BCUT2D eigenvalue weighted by atomic mass is 79.9. The Morgan fingerprint density at radius 3 is 2.82 bits per heavy atom. The number of rotatable bonds is 6. The van der Waals surface area contributed by atoms with Crippen LogP contribution in [0.1, 0.15) is 31.6 Å². The smallest absolute Gasteiger partial charge is 0.150 e. The fraction of sp³-hybridized carbons (Fsp3) is 0.545. The standard InChI is InChI=1S/C11H16BrNO3S/c1-2-17(15,16)8-4-6-10(14)11-9(12)5-3-7-13-11/h3,5,7,10,14H,2,4,6,8H2,1H3. The molecule has 0 aliphatic carbocycles. The fourth-order valence-corrected chi connectivity index (χ4v) is 2.84. The van der Waals surface area contributed by atoms with Gasteiger partial charge in [0, 0.05) is 16.4 Å². The van der Waals surface area contributed by atoms with E-state index in [0.717, 1.165) is 4.47 Å². The average molecular weight is 322 g/mol. The summed E-state index contributed by atoms with van der Waals surface area (Å²) >= 11 is 3.30. The van der Waals surface area contributed by atoms with Crippen molar-refractivity contribution in [3.63, 3.8) is 0 Å². The third-order valence-electron chi connectivity index (χ3n) is 2.48. The van der Waals surface area contributed by atoms with Gasteiger partial charge in [-0.2, -0.15) is 0 Å². The lowest BCUT2D eigenvalue weighted by Crippen LogP contribution is -2.10. The molecule has 1 aromatic rings. The van der Waals surface area contributed by atoms with E-state index in [1.54, 1.807) is 25.3 Å². The number of pyridine rings is 1. The lowest BCUT2D eigenvalue weighted by atomic mass is 10.1. The average Bonchev–Trinajstić information content (AvgIpc) is 2.29. The molecule has 1 rings (SSSR count). The van der Waals surface area contributed by atoms with Crippen molar-refractivity contribution in [1.29, 1.82) is 0 Å². The van der Waals surface area contributed by atoms with E-state index in [-0.39, 0.29) is 11.5 Å². The number of aliphatic hydroxyl groups excluding tert-OH is 1. The van der Waals surface area contributed by atoms with Crippen molar-refractivity contribution in [2.24, 2.45) is 0 Å². The van der Waals surface area contributed by atoms with Gasteiger partial charge < -0.3 is 5.11 Å². The highest BCUT2D eigenvalue weighted by Crippen LogP contribution is 2.24. The minimum absolute atomic E-state index is 0.116. The van der Waals surface area contributed by atoms with Crippen molar-refractivity contribution in [1.82, 2.24) is 4.98 Å². The van der Waals surface area contributed by atoms with Gasteiger partial charge in [-0.1, -0.05) is 6.92 Å². The van der Waals surface area contributed by atoms with Crippen molar-refractivity contribution >= 4 is 25.8 Å². The van der Waals surface area contributed by atoms with E-state index in [0.29, 0.717) is 18.5 Å². The van der Waals surface area contributed by atoms with Gasteiger partial charge in [0.05, 0.1) is 17.6 Å². The second-order valence-electron chi connectivity index (χ2n) is 3.76. The maximum atomic E-state index is 11.3. The summed E-state index contributed by atoms with van der Waals surface area (Å²) in [7, 11) is -2.95. The van der Waals surface area contributed by atoms with Crippen LogP contribution in [0.5, 0.6) is 0 Å². The Morgan fingerprint density at radius 1 is 1.53 bits per heavy atom. The maximum Gasteiger partial charge on any atom is 0.150 e. The summed E-state index contributed by atoms with van der Waals surface area (Å²) in [4.78, 5) is 4.07. The van der Waals surface area contributed by atoms with Crippen molar-refractivity contribution < 1.29 is 13.5 Å². The Balaban J connectivity index is 2.51. The van der Waals surface area contributed by atoms with Crippen LogP contribution >= 0.6 is 15.9 Å². The predicted molar refractivity (Wildman–Crippen MR) is 70.5 cm³/mol. The van der Waals surface area contributed by atoms with Gasteiger partial charge in [-0.05, 0) is 40.9 Å². The molecule has 4 nitrogen and oxygen atoms in total. The van der Waals surface area contributed by atoms with E-state index in [2.05, 4.69) is 20.9 Å². The molecule has 0 spiro atoms. The first-order chi connectivity index (χ1) is 7.96. The molecule has 0 aliphatic heterocycles. The van der Waals surface area contributed by atoms with Crippen LogP contribution in [-0.2, 0) is 9.84 Å². The lowest BCUT2D eigenvalue weighted by molar-refractivity contribution is 0.161. The van der Waals surface area contributed by atoms with Crippen LogP contribution in [-0.4, -0.2) is 30.0 Å². The summed E-state index contributed by atoms with van der Waals surface area (Å²) in [6, 6.07) is 3.57. The molecule has 1 N–H and O–H groups in total. The minimum atomic E-state index is -2.95. The van der Waals surface area contributed by atoms with Gasteiger partial charge in [0.15, 0.2) is 0 Å². The van der Waals surface area contributed by atoms with Crippen LogP contribution in [0.25, 0.3) is 0 Å². The second-order valence-corrected chi connectivity index (χ2v) is 7.09. The van der Waals surface area contributed by atoms with Crippen molar-refractivity contribution in [3.8, 4) is 0 Å². The van der Waals surface area contributed by atoms with E-state index >= 15 is 0 Å². The van der Waals surface area contributed by atoms with Crippen LogP contribution in [0.4, 0.5) is 0 Å². The van der Waals surface area contributed by atoms with Crippen LogP contribution < -0.4 is 0 Å². The molecular formula is C11H16BrNO3S. The van der Waals surface area contributed by atoms with Crippen LogP contribution in [0.2, 0.25) is 0 Å². The molecular weight excluding hydrogens is 306 g/mol. The molecule has 0 amide bonds. The molecule has 0 saturated carbocycles. The zero-order valence-corrected chi connectivity index (χ0v) is 12.0. The Labute approximate surface area is 110 Å². The van der Waals surface area contributed by atoms with Gasteiger partial charge in [0.1, 0.15) is 9.84 Å². The molecule has 0 saturated heterocycles. The number of halogens is 1. The molecule has 0 bridgehead atoms. The molecule has 0 aliphatic rings. The quantitative estimate of drug-likeness (QED) is 0.871. The number of aliphatic hydroxyl groups is 1. The zero-order valence-electron chi connectivity index (χ0n) is 9.63. The minimum Gasteiger partial charge on any atom is -0.387 e. The third-order valence-corrected chi connectivity index (χ3v) is 4.94. The highest BCUT2D eigenvalue weighted by molar-refractivity contribution is 9.10. The van der Waals surface area contributed by atoms with E-state index < -0.39 is 15.9 Å². The SMILES string of the molecule is CCS(=O)(=O)CCCC(O)c1ncccc1Br. The molecule has 0 radical (unpaired) electrons. The van der Waals surface area contributed by atoms with Gasteiger partial charge in [0.2, 0.25) is 0 Å². The number of hydrogen-bond acceptors (Lipinski definition) is 4. The summed E-state index contributed by atoms with van der Waals surface area (Å²) in [5.41, 5.74) is 0.557. The fourth-order valence-electron chi connectivity index (χ4n) is 1.42. The van der Waals surface area contributed by atoms with Crippen LogP contribution in [0.15, 0.2) is 22.8 Å². The lowest BCUT2D eigenvalue weighted by Gasteiger charge is -2.11. The van der Waals surface area contributed by atoms with E-state index in [9.17, 15) is 13.5 Å². The van der Waals surface area contributed by atoms with Gasteiger partial charge in [-0.3, -0.25) is 4.98 Å². The van der Waals surface area contributed by atoms with E-state index in [1.807, 2.05) is 0 Å². The van der Waals surface area contributed by atoms with Crippen LogP contribution in [0.3, 0.4) is 0 Å². The number of hydrogen-bond donors (Lipinski definition) is 1. The molecule has 1 heterocycles.